The highest BCUT2D eigenvalue weighted by atomic mass is 16.6. The molecule has 1 aliphatic carbocycles. The number of carbonyl (C=O) groups is 2. The van der Waals surface area contributed by atoms with Gasteiger partial charge in [-0.3, -0.25) is 0 Å². The number of amides is 1. The molecule has 3 rings (SSSR count). The first-order valence-corrected chi connectivity index (χ1v) is 13.1. The molecule has 0 bridgehead atoms. The Bertz CT molecular complexity index is 911. The molecule has 7 nitrogen and oxygen atoms in total. The summed E-state index contributed by atoms with van der Waals surface area (Å²) >= 11 is 0. The van der Waals surface area contributed by atoms with E-state index < -0.39 is 12.1 Å². The fourth-order valence-electron chi connectivity index (χ4n) is 4.55. The van der Waals surface area contributed by atoms with E-state index in [1.807, 2.05) is 54.6 Å². The third-order valence-corrected chi connectivity index (χ3v) is 6.62. The van der Waals surface area contributed by atoms with E-state index in [1.165, 1.54) is 25.7 Å². The van der Waals surface area contributed by atoms with Crippen molar-refractivity contribution in [3.05, 3.63) is 65.7 Å². The molecular weight excluding hydrogens is 458 g/mol. The van der Waals surface area contributed by atoms with Crippen LogP contribution in [0.25, 0.3) is 0 Å². The Labute approximate surface area is 214 Å². The highest BCUT2D eigenvalue weighted by molar-refractivity contribution is 5.72. The maximum absolute atomic E-state index is 12.8. The Morgan fingerprint density at radius 2 is 1.69 bits per heavy atom. The van der Waals surface area contributed by atoms with Gasteiger partial charge in [-0.25, -0.2) is 9.59 Å². The van der Waals surface area contributed by atoms with Gasteiger partial charge in [0, 0.05) is 26.0 Å². The van der Waals surface area contributed by atoms with E-state index in [2.05, 4.69) is 0 Å². The molecule has 1 amide bonds. The molecular formula is C29H39NO6. The van der Waals surface area contributed by atoms with Crippen LogP contribution in [-0.4, -0.2) is 61.1 Å². The lowest BCUT2D eigenvalue weighted by atomic mass is 10.0. The van der Waals surface area contributed by atoms with Crippen molar-refractivity contribution < 1.29 is 28.9 Å². The molecule has 7 heteroatoms. The van der Waals surface area contributed by atoms with Gasteiger partial charge in [0.25, 0.3) is 0 Å². The molecule has 1 saturated carbocycles. The summed E-state index contributed by atoms with van der Waals surface area (Å²) in [5, 5.41) is 9.27. The highest BCUT2D eigenvalue weighted by Crippen LogP contribution is 2.27. The van der Waals surface area contributed by atoms with Gasteiger partial charge in [-0.05, 0) is 42.5 Å². The van der Waals surface area contributed by atoms with Crippen LogP contribution in [0.1, 0.15) is 50.2 Å². The number of carbonyl (C=O) groups excluding carboxylic acids is 1. The normalized spacial score (nSPS) is 14.4. The molecule has 196 valence electrons. The molecule has 1 unspecified atom stereocenters. The van der Waals surface area contributed by atoms with E-state index in [-0.39, 0.29) is 6.09 Å². The molecule has 1 atom stereocenters. The van der Waals surface area contributed by atoms with Crippen molar-refractivity contribution in [3.63, 3.8) is 0 Å². The maximum atomic E-state index is 12.8. The van der Waals surface area contributed by atoms with E-state index >= 15 is 0 Å². The average molecular weight is 498 g/mol. The van der Waals surface area contributed by atoms with Crippen LogP contribution in [0.3, 0.4) is 0 Å². The maximum Gasteiger partial charge on any atom is 0.409 e. The summed E-state index contributed by atoms with van der Waals surface area (Å²) in [5.41, 5.74) is 2.01. The van der Waals surface area contributed by atoms with Gasteiger partial charge in [-0.1, -0.05) is 68.1 Å². The van der Waals surface area contributed by atoms with Crippen LogP contribution in [-0.2, 0) is 27.1 Å². The predicted molar refractivity (Wildman–Crippen MR) is 138 cm³/mol. The van der Waals surface area contributed by atoms with E-state index in [0.29, 0.717) is 57.4 Å². The van der Waals surface area contributed by atoms with Crippen molar-refractivity contribution in [2.75, 3.05) is 32.9 Å². The standard InChI is InChI=1S/C29H39NO6/c1-2-34-27(28(31)32)22-25-12-14-26(15-13-25)35-21-19-30(18-16-23-10-6-7-11-23)29(33)36-20-17-24-8-4-3-5-9-24/h3-5,8-9,12-15,23,27H,2,6-7,10-11,16-22H2,1H3,(H,31,32). The van der Waals surface area contributed by atoms with Crippen molar-refractivity contribution in [1.82, 2.24) is 4.90 Å². The van der Waals surface area contributed by atoms with Crippen molar-refractivity contribution in [2.45, 2.75) is 58.0 Å². The van der Waals surface area contributed by atoms with Crippen LogP contribution >= 0.6 is 0 Å². The number of rotatable bonds is 15. The number of aliphatic carboxylic acids is 1. The molecule has 0 aliphatic heterocycles. The second-order valence-corrected chi connectivity index (χ2v) is 9.25. The number of carboxylic acid groups (broad SMARTS) is 1. The summed E-state index contributed by atoms with van der Waals surface area (Å²) in [4.78, 5) is 25.9. The molecule has 1 fully saturated rings. The number of ether oxygens (including phenoxy) is 3. The van der Waals surface area contributed by atoms with Crippen LogP contribution < -0.4 is 4.74 Å². The zero-order valence-electron chi connectivity index (χ0n) is 21.3. The lowest BCUT2D eigenvalue weighted by Gasteiger charge is -2.24. The lowest BCUT2D eigenvalue weighted by molar-refractivity contribution is -0.149. The zero-order valence-corrected chi connectivity index (χ0v) is 21.3. The summed E-state index contributed by atoms with van der Waals surface area (Å²) in [7, 11) is 0. The van der Waals surface area contributed by atoms with Gasteiger partial charge in [0.15, 0.2) is 6.10 Å². The predicted octanol–water partition coefficient (Wildman–Crippen LogP) is 5.36. The topological polar surface area (TPSA) is 85.3 Å². The Balaban J connectivity index is 1.47. The Morgan fingerprint density at radius 3 is 2.36 bits per heavy atom. The average Bonchev–Trinajstić information content (AvgIpc) is 3.41. The molecule has 0 saturated heterocycles. The third kappa shape index (κ3) is 9.53. The summed E-state index contributed by atoms with van der Waals surface area (Å²) in [6, 6.07) is 17.3. The van der Waals surface area contributed by atoms with Crippen molar-refractivity contribution in [1.29, 1.82) is 0 Å². The first-order valence-electron chi connectivity index (χ1n) is 13.1. The summed E-state index contributed by atoms with van der Waals surface area (Å²) in [6.45, 7) is 3.96. The molecule has 0 spiro atoms. The number of hydrogen-bond acceptors (Lipinski definition) is 5. The zero-order chi connectivity index (χ0) is 25.6. The Morgan fingerprint density at radius 1 is 0.972 bits per heavy atom. The molecule has 2 aromatic rings. The SMILES string of the molecule is CCOC(Cc1ccc(OCCN(CCC2CCCC2)C(=O)OCCc2ccccc2)cc1)C(=O)O. The minimum atomic E-state index is -0.967. The van der Waals surface area contributed by atoms with Crippen LogP contribution in [0, 0.1) is 5.92 Å². The van der Waals surface area contributed by atoms with Gasteiger partial charge >= 0.3 is 12.1 Å². The molecule has 1 N–H and O–H groups in total. The monoisotopic (exact) mass is 497 g/mol. The second-order valence-electron chi connectivity index (χ2n) is 9.25. The highest BCUT2D eigenvalue weighted by Gasteiger charge is 2.20. The fourth-order valence-corrected chi connectivity index (χ4v) is 4.55. The van der Waals surface area contributed by atoms with Gasteiger partial charge in [-0.2, -0.15) is 0 Å². The largest absolute Gasteiger partial charge is 0.492 e. The lowest BCUT2D eigenvalue weighted by Crippen LogP contribution is -2.37. The number of hydrogen-bond donors (Lipinski definition) is 1. The van der Waals surface area contributed by atoms with Crippen molar-refractivity contribution >= 4 is 12.1 Å². The fraction of sp³-hybridized carbons (Fsp3) is 0.517. The van der Waals surface area contributed by atoms with E-state index in [0.717, 1.165) is 17.5 Å². The molecule has 1 aliphatic rings. The molecule has 0 heterocycles. The number of nitrogens with zero attached hydrogens (tertiary/aromatic N) is 1. The van der Waals surface area contributed by atoms with Gasteiger partial charge in [-0.15, -0.1) is 0 Å². The van der Waals surface area contributed by atoms with Gasteiger partial charge in [0.1, 0.15) is 12.4 Å². The van der Waals surface area contributed by atoms with E-state index in [4.69, 9.17) is 14.2 Å². The summed E-state index contributed by atoms with van der Waals surface area (Å²) in [6.07, 6.45) is 5.88. The van der Waals surface area contributed by atoms with Crippen LogP contribution in [0.4, 0.5) is 4.79 Å². The number of benzene rings is 2. The van der Waals surface area contributed by atoms with Crippen LogP contribution in [0.15, 0.2) is 54.6 Å². The molecule has 36 heavy (non-hydrogen) atoms. The summed E-state index contributed by atoms with van der Waals surface area (Å²) in [5.74, 6) is 0.394. The molecule has 0 aromatic heterocycles. The smallest absolute Gasteiger partial charge is 0.409 e. The van der Waals surface area contributed by atoms with E-state index in [1.54, 1.807) is 11.8 Å². The van der Waals surface area contributed by atoms with Crippen LogP contribution in [0.2, 0.25) is 0 Å². The van der Waals surface area contributed by atoms with E-state index in [9.17, 15) is 14.7 Å². The minimum Gasteiger partial charge on any atom is -0.492 e. The van der Waals surface area contributed by atoms with Crippen LogP contribution in [0.5, 0.6) is 5.75 Å². The summed E-state index contributed by atoms with van der Waals surface area (Å²) < 4.78 is 16.8. The minimum absolute atomic E-state index is 0.293. The number of carboxylic acids is 1. The second kappa shape index (κ2) is 15.1. The van der Waals surface area contributed by atoms with Gasteiger partial charge in [0.05, 0.1) is 13.2 Å². The first-order chi connectivity index (χ1) is 17.5. The first kappa shape index (κ1) is 27.5. The third-order valence-electron chi connectivity index (χ3n) is 6.62. The van der Waals surface area contributed by atoms with Gasteiger partial charge < -0.3 is 24.2 Å². The van der Waals surface area contributed by atoms with Gasteiger partial charge in [0.2, 0.25) is 0 Å². The molecule has 0 radical (unpaired) electrons. The van der Waals surface area contributed by atoms with Crippen molar-refractivity contribution in [3.8, 4) is 5.75 Å². The Kier molecular flexibility index (Phi) is 11.6. The van der Waals surface area contributed by atoms with Crippen molar-refractivity contribution in [2.24, 2.45) is 5.92 Å². The quantitative estimate of drug-likeness (QED) is 0.357. The Hall–Kier alpha value is -3.06. The molecule has 2 aromatic carbocycles.